The zero-order chi connectivity index (χ0) is 24.1. The van der Waals surface area contributed by atoms with Crippen LogP contribution in [-0.2, 0) is 20.7 Å². The highest BCUT2D eigenvalue weighted by atomic mass is 35.5. The van der Waals surface area contributed by atoms with E-state index in [0.717, 1.165) is 17.0 Å². The van der Waals surface area contributed by atoms with Gasteiger partial charge in [0.1, 0.15) is 0 Å². The molecule has 0 aliphatic heterocycles. The van der Waals surface area contributed by atoms with E-state index in [9.17, 15) is 9.59 Å². The maximum Gasteiger partial charge on any atom is 0.308 e. The number of amides is 1. The van der Waals surface area contributed by atoms with Crippen molar-refractivity contribution >= 4 is 41.0 Å². The molecule has 0 spiro atoms. The maximum absolute atomic E-state index is 12.9. The van der Waals surface area contributed by atoms with Gasteiger partial charge in [-0.3, -0.25) is 9.59 Å². The highest BCUT2D eigenvalue weighted by Crippen LogP contribution is 2.26. The second-order valence-corrected chi connectivity index (χ2v) is 9.14. The predicted molar refractivity (Wildman–Crippen MR) is 129 cm³/mol. The van der Waals surface area contributed by atoms with Crippen LogP contribution in [0, 0.1) is 13.8 Å². The van der Waals surface area contributed by atoms with Gasteiger partial charge in [-0.1, -0.05) is 41.6 Å². The average molecular weight is 490 g/mol. The van der Waals surface area contributed by atoms with Crippen molar-refractivity contribution in [3.8, 4) is 0 Å². The number of fused-ring (bicyclic) bond motifs is 1. The molecule has 3 rings (SSSR count). The van der Waals surface area contributed by atoms with Gasteiger partial charge in [0.05, 0.1) is 18.6 Å². The number of hydrogen-bond acceptors (Lipinski definition) is 7. The Bertz CT molecular complexity index is 1160. The summed E-state index contributed by atoms with van der Waals surface area (Å²) >= 11 is 7.80. The number of halogens is 1. The van der Waals surface area contributed by atoms with E-state index in [-0.39, 0.29) is 24.9 Å². The van der Waals surface area contributed by atoms with E-state index >= 15 is 0 Å². The topological polar surface area (TPSA) is 98.5 Å². The highest BCUT2D eigenvalue weighted by Gasteiger charge is 2.22. The van der Waals surface area contributed by atoms with Gasteiger partial charge in [-0.05, 0) is 57.6 Å². The van der Waals surface area contributed by atoms with Gasteiger partial charge in [0, 0.05) is 22.8 Å². The molecule has 176 valence electrons. The minimum atomic E-state index is -0.584. The van der Waals surface area contributed by atoms with Crippen LogP contribution < -0.4 is 5.32 Å². The van der Waals surface area contributed by atoms with Crippen molar-refractivity contribution in [3.63, 3.8) is 0 Å². The standard InChI is InChI=1S/C23H28ClN5O3S/c1-13(2)32-21(31)12-19(17-8-6-7-9-18(17)24)26-20(30)11-10-16-14(3)25-22-27-23(33-5)28-29(22)15(16)4/h6-9,13,19H,10-12H2,1-5H3,(H,26,30)/t19-/m1/s1. The van der Waals surface area contributed by atoms with E-state index in [0.29, 0.717) is 27.9 Å². The number of rotatable bonds is 9. The van der Waals surface area contributed by atoms with Gasteiger partial charge in [-0.25, -0.2) is 9.50 Å². The number of aromatic nitrogens is 4. The van der Waals surface area contributed by atoms with E-state index < -0.39 is 12.0 Å². The molecule has 0 fully saturated rings. The van der Waals surface area contributed by atoms with Crippen LogP contribution in [0.4, 0.5) is 0 Å². The van der Waals surface area contributed by atoms with Gasteiger partial charge in [0.25, 0.3) is 5.78 Å². The molecular formula is C23H28ClN5O3S. The third kappa shape index (κ3) is 6.23. The number of benzene rings is 1. The number of carbonyl (C=O) groups excluding carboxylic acids is 2. The monoisotopic (exact) mass is 489 g/mol. The summed E-state index contributed by atoms with van der Waals surface area (Å²) in [7, 11) is 0. The Balaban J connectivity index is 1.75. The number of ether oxygens (including phenoxy) is 1. The lowest BCUT2D eigenvalue weighted by atomic mass is 10.0. The number of esters is 1. The van der Waals surface area contributed by atoms with E-state index in [1.807, 2.05) is 26.2 Å². The largest absolute Gasteiger partial charge is 0.463 e. The molecule has 0 aliphatic carbocycles. The fraction of sp³-hybridized carbons (Fsp3) is 0.435. The number of nitrogens with zero attached hydrogens (tertiary/aromatic N) is 4. The summed E-state index contributed by atoms with van der Waals surface area (Å²) in [5, 5.41) is 8.54. The summed E-state index contributed by atoms with van der Waals surface area (Å²) in [5.41, 5.74) is 3.34. The van der Waals surface area contributed by atoms with Crippen molar-refractivity contribution in [1.82, 2.24) is 24.9 Å². The number of thioether (sulfide) groups is 1. The fourth-order valence-corrected chi connectivity index (χ4v) is 4.22. The van der Waals surface area contributed by atoms with E-state index in [2.05, 4.69) is 20.4 Å². The average Bonchev–Trinajstić information content (AvgIpc) is 3.16. The Morgan fingerprint density at radius 1 is 1.21 bits per heavy atom. The molecule has 0 radical (unpaired) electrons. The van der Waals surface area contributed by atoms with Crippen molar-refractivity contribution < 1.29 is 14.3 Å². The Hall–Kier alpha value is -2.65. The summed E-state index contributed by atoms with van der Waals surface area (Å²) in [6.07, 6.45) is 2.37. The molecule has 8 nitrogen and oxygen atoms in total. The molecule has 3 aromatic rings. The van der Waals surface area contributed by atoms with Gasteiger partial charge in [-0.15, -0.1) is 5.10 Å². The molecule has 0 unspecified atom stereocenters. The van der Waals surface area contributed by atoms with Crippen LogP contribution in [0.3, 0.4) is 0 Å². The smallest absolute Gasteiger partial charge is 0.308 e. The second kappa shape index (κ2) is 11.0. The SMILES string of the molecule is CSc1nc2nc(C)c(CCC(=O)N[C@H](CC(=O)OC(C)C)c3ccccc3Cl)c(C)n2n1. The van der Waals surface area contributed by atoms with Crippen LogP contribution >= 0.6 is 23.4 Å². The molecule has 2 aromatic heterocycles. The first-order valence-corrected chi connectivity index (χ1v) is 12.3. The zero-order valence-corrected chi connectivity index (χ0v) is 21.0. The first-order chi connectivity index (χ1) is 15.7. The van der Waals surface area contributed by atoms with Gasteiger partial charge in [-0.2, -0.15) is 4.98 Å². The van der Waals surface area contributed by atoms with Gasteiger partial charge in [0.15, 0.2) is 0 Å². The van der Waals surface area contributed by atoms with Gasteiger partial charge in [0.2, 0.25) is 11.1 Å². The summed E-state index contributed by atoms with van der Waals surface area (Å²) in [6.45, 7) is 7.42. The summed E-state index contributed by atoms with van der Waals surface area (Å²) in [6, 6.07) is 6.58. The third-order valence-electron chi connectivity index (χ3n) is 5.17. The lowest BCUT2D eigenvalue weighted by molar-refractivity contribution is -0.148. The Labute approximate surface area is 202 Å². The molecule has 2 heterocycles. The first kappa shape index (κ1) is 25.0. The minimum absolute atomic E-state index is 0.00432. The first-order valence-electron chi connectivity index (χ1n) is 10.7. The summed E-state index contributed by atoms with van der Waals surface area (Å²) in [4.78, 5) is 34.1. The Kier molecular flexibility index (Phi) is 8.31. The predicted octanol–water partition coefficient (Wildman–Crippen LogP) is 4.25. The Morgan fingerprint density at radius 2 is 1.94 bits per heavy atom. The number of carbonyl (C=O) groups is 2. The molecule has 1 N–H and O–H groups in total. The molecule has 1 amide bonds. The Morgan fingerprint density at radius 3 is 2.61 bits per heavy atom. The molecule has 33 heavy (non-hydrogen) atoms. The van der Waals surface area contributed by atoms with Crippen molar-refractivity contribution in [2.45, 2.75) is 64.3 Å². The molecule has 0 saturated carbocycles. The van der Waals surface area contributed by atoms with Crippen LogP contribution in [0.25, 0.3) is 5.78 Å². The number of nitrogens with one attached hydrogen (secondary N) is 1. The second-order valence-electron chi connectivity index (χ2n) is 7.96. The van der Waals surface area contributed by atoms with Crippen molar-refractivity contribution in [2.24, 2.45) is 0 Å². The van der Waals surface area contributed by atoms with Crippen LogP contribution in [0.5, 0.6) is 0 Å². The lowest BCUT2D eigenvalue weighted by Crippen LogP contribution is -2.31. The van der Waals surface area contributed by atoms with Crippen LogP contribution in [-0.4, -0.2) is 43.8 Å². The maximum atomic E-state index is 12.9. The minimum Gasteiger partial charge on any atom is -0.463 e. The normalized spacial score (nSPS) is 12.2. The number of aryl methyl sites for hydroxylation is 2. The van der Waals surface area contributed by atoms with Gasteiger partial charge >= 0.3 is 5.97 Å². The summed E-state index contributed by atoms with van der Waals surface area (Å²) < 4.78 is 6.99. The number of hydrogen-bond donors (Lipinski definition) is 1. The lowest BCUT2D eigenvalue weighted by Gasteiger charge is -2.20. The fourth-order valence-electron chi connectivity index (χ4n) is 3.62. The van der Waals surface area contributed by atoms with Crippen LogP contribution in [0.2, 0.25) is 5.02 Å². The van der Waals surface area contributed by atoms with E-state index in [4.69, 9.17) is 16.3 Å². The molecule has 0 saturated heterocycles. The molecular weight excluding hydrogens is 462 g/mol. The van der Waals surface area contributed by atoms with Crippen molar-refractivity contribution in [3.05, 3.63) is 51.8 Å². The molecule has 0 bridgehead atoms. The van der Waals surface area contributed by atoms with Gasteiger partial charge < -0.3 is 10.1 Å². The highest BCUT2D eigenvalue weighted by molar-refractivity contribution is 7.98. The zero-order valence-electron chi connectivity index (χ0n) is 19.4. The quantitative estimate of drug-likeness (QED) is 0.354. The summed E-state index contributed by atoms with van der Waals surface area (Å²) in [5.74, 6) is -0.0445. The van der Waals surface area contributed by atoms with Crippen LogP contribution in [0.1, 0.15) is 55.2 Å². The van der Waals surface area contributed by atoms with Crippen molar-refractivity contribution in [2.75, 3.05) is 6.26 Å². The molecule has 0 aliphatic rings. The van der Waals surface area contributed by atoms with Crippen molar-refractivity contribution in [1.29, 1.82) is 0 Å². The third-order valence-corrected chi connectivity index (χ3v) is 6.05. The molecule has 1 atom stereocenters. The van der Waals surface area contributed by atoms with E-state index in [1.165, 1.54) is 11.8 Å². The molecule has 10 heteroatoms. The molecule has 1 aromatic carbocycles. The van der Waals surface area contributed by atoms with Crippen LogP contribution in [0.15, 0.2) is 29.4 Å². The van der Waals surface area contributed by atoms with E-state index in [1.54, 1.807) is 36.6 Å².